The number of benzene rings is 1. The number of nitrogens with one attached hydrogen (secondary N) is 1. The molecule has 0 unspecified atom stereocenters. The minimum absolute atomic E-state index is 0.126. The molecule has 0 aliphatic heterocycles. The summed E-state index contributed by atoms with van der Waals surface area (Å²) in [5.74, 6) is 6.08. The number of rotatable bonds is 4. The lowest BCUT2D eigenvalue weighted by Crippen LogP contribution is -2.30. The number of aryl methyl sites for hydroxylation is 1. The van der Waals surface area contributed by atoms with Gasteiger partial charge >= 0.3 is 0 Å². The van der Waals surface area contributed by atoms with Crippen LogP contribution < -0.4 is 16.0 Å². The van der Waals surface area contributed by atoms with E-state index in [2.05, 4.69) is 0 Å². The zero-order chi connectivity index (χ0) is 15.4. The molecule has 3 N–H and O–H groups in total. The minimum Gasteiger partial charge on any atom is -0.486 e. The third-order valence-electron chi connectivity index (χ3n) is 2.79. The van der Waals surface area contributed by atoms with Crippen molar-refractivity contribution in [2.24, 2.45) is 5.84 Å². The van der Waals surface area contributed by atoms with E-state index in [1.54, 1.807) is 31.2 Å². The fraction of sp³-hybridized carbons (Fsp3) is 0.143. The average molecular weight is 306 g/mol. The van der Waals surface area contributed by atoms with E-state index in [0.717, 1.165) is 0 Å². The molecular weight excluding hydrogens is 294 g/mol. The third kappa shape index (κ3) is 3.34. The molecule has 1 aromatic heterocycles. The molecule has 2 rings (SSSR count). The van der Waals surface area contributed by atoms with Crippen LogP contribution in [-0.4, -0.2) is 5.91 Å². The maximum absolute atomic E-state index is 11.5. The predicted octanol–water partition coefficient (Wildman–Crippen LogP) is 2.30. The number of hydrogen-bond acceptors (Lipinski definition) is 5. The fourth-order valence-electron chi connectivity index (χ4n) is 1.75. The lowest BCUT2D eigenvalue weighted by atomic mass is 10.2. The van der Waals surface area contributed by atoms with Gasteiger partial charge in [-0.25, -0.2) is 5.84 Å². The van der Waals surface area contributed by atoms with Gasteiger partial charge in [0.2, 0.25) is 0 Å². The van der Waals surface area contributed by atoms with E-state index in [9.17, 15) is 4.79 Å². The second-order valence-electron chi connectivity index (χ2n) is 4.20. The molecule has 0 fully saturated rings. The maximum atomic E-state index is 11.5. The summed E-state index contributed by atoms with van der Waals surface area (Å²) in [5.41, 5.74) is 2.77. The van der Waals surface area contributed by atoms with Crippen molar-refractivity contribution in [2.45, 2.75) is 13.5 Å². The normalized spacial score (nSPS) is 10.0. The largest absolute Gasteiger partial charge is 0.486 e. The molecule has 7 heteroatoms. The number of nitriles is 1. The van der Waals surface area contributed by atoms with E-state index < -0.39 is 5.91 Å². The van der Waals surface area contributed by atoms with Crippen LogP contribution in [0.1, 0.15) is 27.4 Å². The molecule has 0 radical (unpaired) electrons. The smallest absolute Gasteiger partial charge is 0.268 e. The van der Waals surface area contributed by atoms with Crippen LogP contribution in [0.25, 0.3) is 0 Å². The van der Waals surface area contributed by atoms with E-state index in [-0.39, 0.29) is 6.61 Å². The van der Waals surface area contributed by atoms with Gasteiger partial charge in [0.1, 0.15) is 29.9 Å². The molecule has 21 heavy (non-hydrogen) atoms. The van der Waals surface area contributed by atoms with Crippen molar-refractivity contribution in [1.29, 1.82) is 5.26 Å². The fourth-order valence-corrected chi connectivity index (χ4v) is 1.96. The molecule has 0 spiro atoms. The van der Waals surface area contributed by atoms with Crippen LogP contribution in [0.2, 0.25) is 5.02 Å². The minimum atomic E-state index is -0.427. The standard InChI is InChI=1S/C14H12ClN3O3/c1-8-12(14(19)18-17)4-11(21-8)7-20-10-3-2-9(6-16)13(15)5-10/h2-5H,7,17H2,1H3,(H,18,19). The van der Waals surface area contributed by atoms with Crippen LogP contribution in [0.15, 0.2) is 28.7 Å². The van der Waals surface area contributed by atoms with Gasteiger partial charge in [-0.3, -0.25) is 10.2 Å². The summed E-state index contributed by atoms with van der Waals surface area (Å²) in [7, 11) is 0. The first-order chi connectivity index (χ1) is 10.0. The van der Waals surface area contributed by atoms with E-state index in [1.165, 1.54) is 0 Å². The Labute approximate surface area is 126 Å². The van der Waals surface area contributed by atoms with Gasteiger partial charge in [-0.15, -0.1) is 0 Å². The van der Waals surface area contributed by atoms with Crippen LogP contribution in [0.5, 0.6) is 5.75 Å². The summed E-state index contributed by atoms with van der Waals surface area (Å²) < 4.78 is 10.9. The van der Waals surface area contributed by atoms with Crippen molar-refractivity contribution in [1.82, 2.24) is 5.43 Å². The monoisotopic (exact) mass is 305 g/mol. The van der Waals surface area contributed by atoms with Crippen molar-refractivity contribution >= 4 is 17.5 Å². The Morgan fingerprint density at radius 1 is 1.52 bits per heavy atom. The number of hydrogen-bond donors (Lipinski definition) is 2. The Morgan fingerprint density at radius 2 is 2.29 bits per heavy atom. The van der Waals surface area contributed by atoms with Crippen molar-refractivity contribution < 1.29 is 13.9 Å². The number of nitrogen functional groups attached to an aromatic ring is 1. The molecular formula is C14H12ClN3O3. The number of nitrogens with two attached hydrogens (primary N) is 1. The van der Waals surface area contributed by atoms with Crippen LogP contribution in [-0.2, 0) is 6.61 Å². The first-order valence-corrected chi connectivity index (χ1v) is 6.35. The lowest BCUT2D eigenvalue weighted by Gasteiger charge is -2.05. The van der Waals surface area contributed by atoms with Gasteiger partial charge < -0.3 is 9.15 Å². The highest BCUT2D eigenvalue weighted by molar-refractivity contribution is 6.31. The van der Waals surface area contributed by atoms with Crippen molar-refractivity contribution in [3.05, 3.63) is 51.9 Å². The zero-order valence-corrected chi connectivity index (χ0v) is 11.9. The van der Waals surface area contributed by atoms with E-state index in [0.29, 0.717) is 33.4 Å². The predicted molar refractivity (Wildman–Crippen MR) is 75.6 cm³/mol. The number of furan rings is 1. The second-order valence-corrected chi connectivity index (χ2v) is 4.61. The van der Waals surface area contributed by atoms with Gasteiger partial charge in [-0.2, -0.15) is 5.26 Å². The van der Waals surface area contributed by atoms with Crippen LogP contribution in [0.3, 0.4) is 0 Å². The van der Waals surface area contributed by atoms with Gasteiger partial charge in [-0.1, -0.05) is 11.6 Å². The Morgan fingerprint density at radius 3 is 2.90 bits per heavy atom. The van der Waals surface area contributed by atoms with E-state index >= 15 is 0 Å². The number of carbonyl (C=O) groups is 1. The zero-order valence-electron chi connectivity index (χ0n) is 11.1. The Kier molecular flexibility index (Phi) is 4.48. The Hall–Kier alpha value is -2.49. The van der Waals surface area contributed by atoms with Gasteiger partial charge in [0.15, 0.2) is 0 Å². The molecule has 0 aliphatic rings. The molecule has 108 valence electrons. The number of amides is 1. The van der Waals surface area contributed by atoms with Gasteiger partial charge in [0.05, 0.1) is 16.1 Å². The van der Waals surface area contributed by atoms with Crippen LogP contribution in [0.4, 0.5) is 0 Å². The molecule has 0 atom stereocenters. The molecule has 6 nitrogen and oxygen atoms in total. The van der Waals surface area contributed by atoms with Gasteiger partial charge in [0, 0.05) is 6.07 Å². The van der Waals surface area contributed by atoms with Crippen molar-refractivity contribution in [3.8, 4) is 11.8 Å². The van der Waals surface area contributed by atoms with E-state index in [1.807, 2.05) is 11.5 Å². The molecule has 1 amide bonds. The van der Waals surface area contributed by atoms with Crippen LogP contribution >= 0.6 is 11.6 Å². The number of hydrazine groups is 1. The number of nitrogens with zero attached hydrogens (tertiary/aromatic N) is 1. The third-order valence-corrected chi connectivity index (χ3v) is 3.10. The van der Waals surface area contributed by atoms with Crippen molar-refractivity contribution in [3.63, 3.8) is 0 Å². The highest BCUT2D eigenvalue weighted by Crippen LogP contribution is 2.23. The average Bonchev–Trinajstić information content (AvgIpc) is 2.85. The summed E-state index contributed by atoms with van der Waals surface area (Å²) in [6, 6.07) is 8.27. The Bertz CT molecular complexity index is 719. The quantitative estimate of drug-likeness (QED) is 0.512. The lowest BCUT2D eigenvalue weighted by molar-refractivity contribution is 0.0952. The molecule has 0 saturated carbocycles. The van der Waals surface area contributed by atoms with Gasteiger partial charge in [0.25, 0.3) is 5.91 Å². The SMILES string of the molecule is Cc1oc(COc2ccc(C#N)c(Cl)c2)cc1C(=O)NN. The number of ether oxygens (including phenoxy) is 1. The molecule has 0 aliphatic carbocycles. The van der Waals surface area contributed by atoms with Crippen LogP contribution in [0, 0.1) is 18.3 Å². The molecule has 0 saturated heterocycles. The molecule has 1 heterocycles. The summed E-state index contributed by atoms with van der Waals surface area (Å²) in [6.07, 6.45) is 0. The number of carbonyl (C=O) groups excluding carboxylic acids is 1. The highest BCUT2D eigenvalue weighted by atomic mass is 35.5. The summed E-state index contributed by atoms with van der Waals surface area (Å²) in [4.78, 5) is 11.5. The first-order valence-electron chi connectivity index (χ1n) is 5.98. The van der Waals surface area contributed by atoms with Gasteiger partial charge in [-0.05, 0) is 25.1 Å². The van der Waals surface area contributed by atoms with Crippen molar-refractivity contribution in [2.75, 3.05) is 0 Å². The first kappa shape index (κ1) is 14.9. The molecule has 0 bridgehead atoms. The summed E-state index contributed by atoms with van der Waals surface area (Å²) in [6.45, 7) is 1.79. The molecule has 1 aromatic carbocycles. The summed E-state index contributed by atoms with van der Waals surface area (Å²) >= 11 is 5.91. The molecule has 2 aromatic rings. The number of halogens is 1. The maximum Gasteiger partial charge on any atom is 0.268 e. The highest BCUT2D eigenvalue weighted by Gasteiger charge is 2.14. The topological polar surface area (TPSA) is 101 Å². The summed E-state index contributed by atoms with van der Waals surface area (Å²) in [5, 5.41) is 9.10. The Balaban J connectivity index is 2.08. The van der Waals surface area contributed by atoms with E-state index in [4.69, 9.17) is 31.9 Å². The second kappa shape index (κ2) is 6.31.